The first-order valence-electron chi connectivity index (χ1n) is 10.1. The Morgan fingerprint density at radius 1 is 1.06 bits per heavy atom. The predicted molar refractivity (Wildman–Crippen MR) is 123 cm³/mol. The Labute approximate surface area is 183 Å². The molecule has 0 atom stereocenters. The molecule has 5 heteroatoms. The Balaban J connectivity index is 1.83. The summed E-state index contributed by atoms with van der Waals surface area (Å²) >= 11 is 0. The van der Waals surface area contributed by atoms with Crippen molar-refractivity contribution in [2.45, 2.75) is 34.2 Å². The molecule has 3 rings (SSSR count). The fraction of sp³-hybridized carbons (Fsp3) is 0.231. The first kappa shape index (κ1) is 21.9. The van der Waals surface area contributed by atoms with Gasteiger partial charge in [-0.05, 0) is 86.4 Å². The summed E-state index contributed by atoms with van der Waals surface area (Å²) in [5.74, 6) is 0.362. The van der Waals surface area contributed by atoms with Gasteiger partial charge in [-0.3, -0.25) is 4.79 Å². The quantitative estimate of drug-likeness (QED) is 0.460. The standard InChI is InChI=1S/C26H27N3O2/c1-17-10-18(2)12-24(11-17)29-19(3)13-22(20(29)4)14-23(15-27)26(30)28-16-21-6-8-25(31-5)9-7-21/h6-14H,16H2,1-5H3,(H,28,30)/b23-14-. The van der Waals surface area contributed by atoms with Crippen molar-refractivity contribution in [3.05, 3.63) is 87.7 Å². The van der Waals surface area contributed by atoms with Crippen molar-refractivity contribution >= 4 is 12.0 Å². The third-order valence-electron chi connectivity index (χ3n) is 5.21. The van der Waals surface area contributed by atoms with Crippen LogP contribution in [-0.2, 0) is 11.3 Å². The highest BCUT2D eigenvalue weighted by atomic mass is 16.5. The monoisotopic (exact) mass is 413 g/mol. The second kappa shape index (κ2) is 9.36. The molecule has 1 heterocycles. The fourth-order valence-electron chi connectivity index (χ4n) is 3.74. The second-order valence-electron chi connectivity index (χ2n) is 7.71. The van der Waals surface area contributed by atoms with E-state index in [1.807, 2.05) is 50.2 Å². The van der Waals surface area contributed by atoms with Crippen LogP contribution in [0.15, 0.2) is 54.1 Å². The zero-order valence-corrected chi connectivity index (χ0v) is 18.6. The zero-order chi connectivity index (χ0) is 22.5. The van der Waals surface area contributed by atoms with Crippen molar-refractivity contribution in [2.75, 3.05) is 7.11 Å². The van der Waals surface area contributed by atoms with E-state index in [0.29, 0.717) is 6.54 Å². The molecule has 0 aliphatic heterocycles. The van der Waals surface area contributed by atoms with E-state index in [9.17, 15) is 10.1 Å². The molecule has 0 saturated carbocycles. The van der Waals surface area contributed by atoms with Crippen LogP contribution in [0.1, 0.15) is 33.6 Å². The number of hydrogen-bond donors (Lipinski definition) is 1. The van der Waals surface area contributed by atoms with Gasteiger partial charge in [-0.25, -0.2) is 0 Å². The second-order valence-corrected chi connectivity index (χ2v) is 7.71. The Hall–Kier alpha value is -3.78. The molecule has 5 nitrogen and oxygen atoms in total. The van der Waals surface area contributed by atoms with Gasteiger partial charge in [-0.15, -0.1) is 0 Å². The lowest BCUT2D eigenvalue weighted by molar-refractivity contribution is -0.117. The average molecular weight is 414 g/mol. The van der Waals surface area contributed by atoms with Crippen LogP contribution < -0.4 is 10.1 Å². The van der Waals surface area contributed by atoms with Gasteiger partial charge in [0.2, 0.25) is 0 Å². The summed E-state index contributed by atoms with van der Waals surface area (Å²) in [5.41, 5.74) is 7.35. The molecule has 3 aromatic rings. The summed E-state index contributed by atoms with van der Waals surface area (Å²) in [6.07, 6.45) is 1.66. The van der Waals surface area contributed by atoms with E-state index in [-0.39, 0.29) is 5.57 Å². The van der Waals surface area contributed by atoms with Gasteiger partial charge in [-0.2, -0.15) is 5.26 Å². The molecule has 0 aliphatic rings. The third kappa shape index (κ3) is 5.04. The predicted octanol–water partition coefficient (Wildman–Crippen LogP) is 4.94. The number of methoxy groups -OCH3 is 1. The van der Waals surface area contributed by atoms with Gasteiger partial charge in [0, 0.05) is 23.6 Å². The van der Waals surface area contributed by atoms with Gasteiger partial charge in [0.25, 0.3) is 5.91 Å². The zero-order valence-electron chi connectivity index (χ0n) is 18.6. The normalized spacial score (nSPS) is 11.2. The minimum Gasteiger partial charge on any atom is -0.497 e. The van der Waals surface area contributed by atoms with Crippen LogP contribution in [0.2, 0.25) is 0 Å². The number of rotatable bonds is 6. The lowest BCUT2D eigenvalue weighted by Gasteiger charge is -2.12. The molecule has 0 bridgehead atoms. The van der Waals surface area contributed by atoms with Crippen LogP contribution in [0.25, 0.3) is 11.8 Å². The maximum Gasteiger partial charge on any atom is 0.262 e. The smallest absolute Gasteiger partial charge is 0.262 e. The highest BCUT2D eigenvalue weighted by molar-refractivity contribution is 6.01. The van der Waals surface area contributed by atoms with E-state index in [0.717, 1.165) is 34.0 Å². The third-order valence-corrected chi connectivity index (χ3v) is 5.21. The summed E-state index contributed by atoms with van der Waals surface area (Å²) in [4.78, 5) is 12.6. The number of carbonyl (C=O) groups is 1. The van der Waals surface area contributed by atoms with Crippen LogP contribution in [0.4, 0.5) is 0 Å². The van der Waals surface area contributed by atoms with Gasteiger partial charge >= 0.3 is 0 Å². The highest BCUT2D eigenvalue weighted by Crippen LogP contribution is 2.24. The fourth-order valence-corrected chi connectivity index (χ4v) is 3.74. The van der Waals surface area contributed by atoms with Crippen molar-refractivity contribution in [1.29, 1.82) is 5.26 Å². The molecular weight excluding hydrogens is 386 g/mol. The molecule has 158 valence electrons. The minimum absolute atomic E-state index is 0.0779. The van der Waals surface area contributed by atoms with Crippen molar-refractivity contribution in [3.8, 4) is 17.5 Å². The van der Waals surface area contributed by atoms with Crippen LogP contribution in [-0.4, -0.2) is 17.6 Å². The van der Waals surface area contributed by atoms with E-state index in [2.05, 4.69) is 41.9 Å². The number of nitrogens with zero attached hydrogens (tertiary/aromatic N) is 2. The Kier molecular flexibility index (Phi) is 6.61. The number of hydrogen-bond acceptors (Lipinski definition) is 3. The van der Waals surface area contributed by atoms with Crippen LogP contribution >= 0.6 is 0 Å². The maximum absolute atomic E-state index is 12.6. The van der Waals surface area contributed by atoms with Gasteiger partial charge < -0.3 is 14.6 Å². The molecule has 0 unspecified atom stereocenters. The number of carbonyl (C=O) groups excluding carboxylic acids is 1. The Bertz CT molecular complexity index is 1160. The average Bonchev–Trinajstić information content (AvgIpc) is 3.02. The van der Waals surface area contributed by atoms with E-state index in [1.54, 1.807) is 13.2 Å². The molecule has 1 N–H and O–H groups in total. The molecule has 1 amide bonds. The molecule has 0 aliphatic carbocycles. The number of nitriles is 1. The number of benzene rings is 2. The number of aromatic nitrogens is 1. The van der Waals surface area contributed by atoms with Crippen molar-refractivity contribution in [1.82, 2.24) is 9.88 Å². The van der Waals surface area contributed by atoms with Crippen LogP contribution in [0, 0.1) is 39.0 Å². The topological polar surface area (TPSA) is 67.0 Å². The van der Waals surface area contributed by atoms with E-state index < -0.39 is 5.91 Å². The van der Waals surface area contributed by atoms with E-state index in [4.69, 9.17) is 4.74 Å². The molecule has 0 saturated heterocycles. The molecule has 2 aromatic carbocycles. The summed E-state index contributed by atoms with van der Waals surface area (Å²) < 4.78 is 7.29. The molecule has 1 aromatic heterocycles. The van der Waals surface area contributed by atoms with E-state index >= 15 is 0 Å². The molecule has 31 heavy (non-hydrogen) atoms. The summed E-state index contributed by atoms with van der Waals surface area (Å²) in [7, 11) is 1.61. The van der Waals surface area contributed by atoms with Gasteiger partial charge in [0.1, 0.15) is 17.4 Å². The Morgan fingerprint density at radius 3 is 2.29 bits per heavy atom. The number of ether oxygens (including phenoxy) is 1. The molecule has 0 radical (unpaired) electrons. The van der Waals surface area contributed by atoms with Gasteiger partial charge in [0.05, 0.1) is 7.11 Å². The SMILES string of the molecule is COc1ccc(CNC(=O)/C(C#N)=C\c2cc(C)n(-c3cc(C)cc(C)c3)c2C)cc1. The molecular formula is C26H27N3O2. The van der Waals surface area contributed by atoms with Crippen molar-refractivity contribution < 1.29 is 9.53 Å². The summed E-state index contributed by atoms with van der Waals surface area (Å²) in [5, 5.41) is 12.4. The first-order valence-corrected chi connectivity index (χ1v) is 10.1. The van der Waals surface area contributed by atoms with Gasteiger partial charge in [-0.1, -0.05) is 18.2 Å². The van der Waals surface area contributed by atoms with Crippen LogP contribution in [0.5, 0.6) is 5.75 Å². The lowest BCUT2D eigenvalue weighted by Crippen LogP contribution is -2.23. The van der Waals surface area contributed by atoms with Crippen LogP contribution in [0.3, 0.4) is 0 Å². The van der Waals surface area contributed by atoms with E-state index in [1.165, 1.54) is 11.1 Å². The number of nitrogens with one attached hydrogen (secondary N) is 1. The largest absolute Gasteiger partial charge is 0.497 e. The van der Waals surface area contributed by atoms with Crippen molar-refractivity contribution in [3.63, 3.8) is 0 Å². The van der Waals surface area contributed by atoms with Crippen molar-refractivity contribution in [2.24, 2.45) is 0 Å². The first-order chi connectivity index (χ1) is 14.8. The molecule has 0 fully saturated rings. The van der Waals surface area contributed by atoms with Gasteiger partial charge in [0.15, 0.2) is 0 Å². The maximum atomic E-state index is 12.6. The highest BCUT2D eigenvalue weighted by Gasteiger charge is 2.14. The number of amides is 1. The summed E-state index contributed by atoms with van der Waals surface area (Å²) in [6, 6.07) is 17.9. The Morgan fingerprint density at radius 2 is 1.71 bits per heavy atom. The minimum atomic E-state index is -0.394. The lowest BCUT2D eigenvalue weighted by atomic mass is 10.1. The summed E-state index contributed by atoms with van der Waals surface area (Å²) in [6.45, 7) is 8.51. The number of aryl methyl sites for hydroxylation is 3. The molecule has 0 spiro atoms.